The second kappa shape index (κ2) is 7.74. The number of methoxy groups -OCH3 is 3. The van der Waals surface area contributed by atoms with E-state index >= 15 is 0 Å². The van der Waals surface area contributed by atoms with Crippen LogP contribution in [0.3, 0.4) is 0 Å². The van der Waals surface area contributed by atoms with Gasteiger partial charge in [-0.05, 0) is 16.8 Å². The van der Waals surface area contributed by atoms with E-state index in [-0.39, 0.29) is 12.8 Å². The number of hydrogen-bond acceptors (Lipinski definition) is 7. The Morgan fingerprint density at radius 2 is 1.91 bits per heavy atom. The fraction of sp³-hybridized carbons (Fsp3) is 0.429. The summed E-state index contributed by atoms with van der Waals surface area (Å²) in [6, 6.07) is 7.14. The van der Waals surface area contributed by atoms with Crippen LogP contribution >= 0.6 is 0 Å². The predicted octanol–water partition coefficient (Wildman–Crippen LogP) is -0.258. The van der Waals surface area contributed by atoms with Gasteiger partial charge in [-0.2, -0.15) is 0 Å². The Morgan fingerprint density at radius 1 is 1.23 bits per heavy atom. The van der Waals surface area contributed by atoms with Crippen molar-refractivity contribution in [3.8, 4) is 17.4 Å². The highest BCUT2D eigenvalue weighted by atomic mass is 16.7. The number of nitrogens with zero attached hydrogens (tertiary/aromatic N) is 2. The van der Waals surface area contributed by atoms with Gasteiger partial charge in [0, 0.05) is 32.9 Å². The molecule has 2 rings (SSSR count). The standard InChI is InChI=1S/C14H19N3O5/c1-19-11-6-4-10(5-7-11)17-12(14(18)22-16-17)8-15-9-13(20-2)21-3/h4-7,13,15H,8-9H2,1-3H3. The molecule has 0 saturated heterocycles. The number of ether oxygens (including phenoxy) is 3. The van der Waals surface area contributed by atoms with Crippen molar-refractivity contribution in [3.05, 3.63) is 30.0 Å². The molecule has 0 amide bonds. The predicted molar refractivity (Wildman–Crippen MR) is 73.5 cm³/mol. The van der Waals surface area contributed by atoms with Gasteiger partial charge in [0.1, 0.15) is 5.75 Å². The molecule has 22 heavy (non-hydrogen) atoms. The number of nitrogens with one attached hydrogen (secondary N) is 1. The van der Waals surface area contributed by atoms with Crippen molar-refractivity contribution in [3.63, 3.8) is 0 Å². The number of rotatable bonds is 8. The van der Waals surface area contributed by atoms with Crippen LogP contribution in [0.5, 0.6) is 11.7 Å². The van der Waals surface area contributed by atoms with E-state index < -0.39 is 5.95 Å². The minimum absolute atomic E-state index is 0.275. The van der Waals surface area contributed by atoms with Crippen molar-refractivity contribution >= 4 is 0 Å². The first-order valence-electron chi connectivity index (χ1n) is 6.68. The molecule has 0 spiro atoms. The fourth-order valence-electron chi connectivity index (χ4n) is 1.91. The zero-order valence-corrected chi connectivity index (χ0v) is 12.7. The first kappa shape index (κ1) is 16.2. The van der Waals surface area contributed by atoms with Crippen LogP contribution in [0.4, 0.5) is 0 Å². The van der Waals surface area contributed by atoms with Crippen LogP contribution in [-0.2, 0) is 16.0 Å². The number of benzene rings is 1. The van der Waals surface area contributed by atoms with E-state index in [0.29, 0.717) is 17.9 Å². The maximum atomic E-state index is 11.8. The molecule has 0 unspecified atom stereocenters. The third-order valence-electron chi connectivity index (χ3n) is 3.14. The molecule has 0 atom stereocenters. The van der Waals surface area contributed by atoms with Gasteiger partial charge in [0.25, 0.3) is 5.69 Å². The molecule has 1 aromatic heterocycles. The summed E-state index contributed by atoms with van der Waals surface area (Å²) in [5.74, 6) is 0.229. The van der Waals surface area contributed by atoms with E-state index in [1.54, 1.807) is 45.6 Å². The molecule has 1 heterocycles. The Balaban J connectivity index is 2.10. The van der Waals surface area contributed by atoms with Crippen molar-refractivity contribution in [1.82, 2.24) is 10.6 Å². The summed E-state index contributed by atoms with van der Waals surface area (Å²) in [7, 11) is 4.68. The van der Waals surface area contributed by atoms with E-state index in [1.165, 1.54) is 4.68 Å². The molecule has 2 aromatic rings. The van der Waals surface area contributed by atoms with Crippen molar-refractivity contribution < 1.29 is 28.5 Å². The first-order chi connectivity index (χ1) is 10.7. The van der Waals surface area contributed by atoms with Gasteiger partial charge in [-0.25, -0.2) is 0 Å². The van der Waals surface area contributed by atoms with Gasteiger partial charge in [0.2, 0.25) is 5.69 Å². The van der Waals surface area contributed by atoms with Crippen LogP contribution in [-0.4, -0.2) is 39.4 Å². The average Bonchev–Trinajstić information content (AvgIpc) is 2.92. The zero-order chi connectivity index (χ0) is 15.9. The summed E-state index contributed by atoms with van der Waals surface area (Å²) in [6.07, 6.45) is -0.385. The number of aromatic nitrogens is 2. The molecule has 0 aliphatic rings. The summed E-state index contributed by atoms with van der Waals surface area (Å²) >= 11 is 0. The van der Waals surface area contributed by atoms with E-state index in [9.17, 15) is 5.11 Å². The third-order valence-corrected chi connectivity index (χ3v) is 3.14. The maximum Gasteiger partial charge on any atom is 0.253 e. The van der Waals surface area contributed by atoms with Crippen LogP contribution in [0.25, 0.3) is 5.69 Å². The maximum absolute atomic E-state index is 11.8. The monoisotopic (exact) mass is 309 g/mol. The lowest BCUT2D eigenvalue weighted by molar-refractivity contribution is -0.677. The minimum Gasteiger partial charge on any atom is -0.539 e. The van der Waals surface area contributed by atoms with Gasteiger partial charge in [-0.1, -0.05) is 0 Å². The largest absolute Gasteiger partial charge is 0.539 e. The summed E-state index contributed by atoms with van der Waals surface area (Å²) in [5, 5.41) is 18.6. The topological polar surface area (TPSA) is 92.7 Å². The molecule has 0 aliphatic carbocycles. The Kier molecular flexibility index (Phi) is 5.70. The van der Waals surface area contributed by atoms with Gasteiger partial charge in [-0.3, -0.25) is 0 Å². The highest BCUT2D eigenvalue weighted by Gasteiger charge is 2.20. The lowest BCUT2D eigenvalue weighted by atomic mass is 10.3. The van der Waals surface area contributed by atoms with Crippen LogP contribution in [0, 0.1) is 0 Å². The van der Waals surface area contributed by atoms with Gasteiger partial charge < -0.3 is 29.2 Å². The molecule has 8 heteroatoms. The highest BCUT2D eigenvalue weighted by Crippen LogP contribution is 2.14. The summed E-state index contributed by atoms with van der Waals surface area (Å²) in [5.41, 5.74) is 1.09. The third kappa shape index (κ3) is 3.73. The summed E-state index contributed by atoms with van der Waals surface area (Å²) in [6.45, 7) is 0.706. The molecule has 0 bridgehead atoms. The Bertz CT molecular complexity index is 581. The van der Waals surface area contributed by atoms with Crippen LogP contribution in [0.2, 0.25) is 0 Å². The van der Waals surface area contributed by atoms with Gasteiger partial charge in [0.15, 0.2) is 12.2 Å². The quantitative estimate of drug-likeness (QED) is 0.530. The molecule has 8 nitrogen and oxygen atoms in total. The summed E-state index contributed by atoms with van der Waals surface area (Å²) in [4.78, 5) is 0. The summed E-state index contributed by atoms with van der Waals surface area (Å²) < 4.78 is 21.4. The van der Waals surface area contributed by atoms with Crippen molar-refractivity contribution in [2.45, 2.75) is 12.8 Å². The Labute approximate surface area is 128 Å². The minimum atomic E-state index is -0.491. The average molecular weight is 309 g/mol. The zero-order valence-electron chi connectivity index (χ0n) is 12.7. The van der Waals surface area contributed by atoms with Gasteiger partial charge in [-0.15, -0.1) is 0 Å². The fourth-order valence-corrected chi connectivity index (χ4v) is 1.91. The molecule has 1 N–H and O–H groups in total. The lowest BCUT2D eigenvalue weighted by Gasteiger charge is -2.13. The van der Waals surface area contributed by atoms with Gasteiger partial charge >= 0.3 is 0 Å². The second-order valence-corrected chi connectivity index (χ2v) is 4.45. The van der Waals surface area contributed by atoms with Crippen LogP contribution in [0.1, 0.15) is 5.69 Å². The van der Waals surface area contributed by atoms with E-state index in [2.05, 4.69) is 10.6 Å². The van der Waals surface area contributed by atoms with E-state index in [0.717, 1.165) is 5.75 Å². The molecule has 1 aromatic carbocycles. The van der Waals surface area contributed by atoms with Gasteiger partial charge in [0.05, 0.1) is 18.9 Å². The molecule has 0 aliphatic heterocycles. The molecule has 0 saturated carbocycles. The molecule has 0 radical (unpaired) electrons. The SMILES string of the molecule is COc1ccc(-[n+]2noc([O-])c2CNCC(OC)OC)cc1. The number of hydrogen-bond donors (Lipinski definition) is 1. The lowest BCUT2D eigenvalue weighted by Crippen LogP contribution is -2.40. The highest BCUT2D eigenvalue weighted by molar-refractivity contribution is 5.31. The molecular formula is C14H19N3O5. The van der Waals surface area contributed by atoms with E-state index in [4.69, 9.17) is 18.7 Å². The van der Waals surface area contributed by atoms with E-state index in [1.807, 2.05) is 0 Å². The van der Waals surface area contributed by atoms with Crippen LogP contribution < -0.4 is 19.8 Å². The van der Waals surface area contributed by atoms with Crippen molar-refractivity contribution in [2.75, 3.05) is 27.9 Å². The molecular weight excluding hydrogens is 290 g/mol. The normalized spacial score (nSPS) is 11.1. The second-order valence-electron chi connectivity index (χ2n) is 4.45. The molecule has 120 valence electrons. The van der Waals surface area contributed by atoms with Crippen LogP contribution in [0.15, 0.2) is 28.8 Å². The Hall–Kier alpha value is -2.16. The Morgan fingerprint density at radius 3 is 2.50 bits per heavy atom. The van der Waals surface area contributed by atoms with Crippen molar-refractivity contribution in [2.24, 2.45) is 0 Å². The molecule has 0 fully saturated rings. The smallest absolute Gasteiger partial charge is 0.253 e. The van der Waals surface area contributed by atoms with Crippen molar-refractivity contribution in [1.29, 1.82) is 0 Å². The first-order valence-corrected chi connectivity index (χ1v) is 6.68.